The molecule has 2 rings (SSSR count). The van der Waals surface area contributed by atoms with Crippen molar-refractivity contribution < 1.29 is 13.2 Å². The molecule has 0 aliphatic rings. The molecule has 1 aromatic heterocycles. The number of primary amides is 1. The van der Waals surface area contributed by atoms with Gasteiger partial charge in [-0.15, -0.1) is 11.8 Å². The maximum atomic E-state index is 12.2. The number of sulfone groups is 1. The van der Waals surface area contributed by atoms with Crippen LogP contribution < -0.4 is 17.0 Å². The molecule has 0 atom stereocenters. The Kier molecular flexibility index (Phi) is 4.48. The lowest BCUT2D eigenvalue weighted by Gasteiger charge is -2.13. The van der Waals surface area contributed by atoms with E-state index < -0.39 is 21.3 Å². The summed E-state index contributed by atoms with van der Waals surface area (Å²) in [6.45, 7) is 0. The Balaban J connectivity index is 2.82. The van der Waals surface area contributed by atoms with Crippen LogP contribution in [0, 0.1) is 0 Å². The van der Waals surface area contributed by atoms with Crippen LogP contribution in [0.2, 0.25) is 0 Å². The van der Waals surface area contributed by atoms with Crippen molar-refractivity contribution in [1.82, 2.24) is 9.97 Å². The second kappa shape index (κ2) is 6.05. The lowest BCUT2D eigenvalue weighted by molar-refractivity contribution is 0.0998. The van der Waals surface area contributed by atoms with E-state index in [2.05, 4.69) is 9.97 Å². The third-order valence-corrected chi connectivity index (χ3v) is 5.18. The molecule has 10 heteroatoms. The highest BCUT2D eigenvalue weighted by Crippen LogP contribution is 2.36. The summed E-state index contributed by atoms with van der Waals surface area (Å²) in [7, 11) is -3.64. The van der Waals surface area contributed by atoms with E-state index in [1.54, 1.807) is 6.26 Å². The Labute approximate surface area is 136 Å². The molecule has 0 aliphatic heterocycles. The van der Waals surface area contributed by atoms with Gasteiger partial charge < -0.3 is 16.5 Å². The number of H-pyrrole nitrogens is 1. The van der Waals surface area contributed by atoms with E-state index in [1.165, 1.54) is 23.9 Å². The number of rotatable bonds is 4. The van der Waals surface area contributed by atoms with Crippen molar-refractivity contribution >= 4 is 33.2 Å². The van der Waals surface area contributed by atoms with Gasteiger partial charge in [0.1, 0.15) is 11.4 Å². The van der Waals surface area contributed by atoms with Gasteiger partial charge >= 0.3 is 0 Å². The minimum atomic E-state index is -3.64. The number of aromatic amines is 1. The van der Waals surface area contributed by atoms with E-state index in [1.807, 2.05) is 0 Å². The highest BCUT2D eigenvalue weighted by molar-refractivity contribution is 7.99. The molecular weight excluding hydrogens is 340 g/mol. The molecule has 1 heterocycles. The van der Waals surface area contributed by atoms with Crippen LogP contribution in [0.5, 0.6) is 0 Å². The molecule has 5 N–H and O–H groups in total. The number of nitrogens with one attached hydrogen (secondary N) is 1. The van der Waals surface area contributed by atoms with Crippen molar-refractivity contribution in [3.8, 4) is 11.4 Å². The fourth-order valence-corrected chi connectivity index (χ4v) is 4.37. The number of carbonyl (C=O) groups is 1. The number of carbonyl (C=O) groups excluding carboxylic acids is 1. The van der Waals surface area contributed by atoms with Crippen molar-refractivity contribution in [2.75, 3.05) is 18.2 Å². The first-order chi connectivity index (χ1) is 10.7. The highest BCUT2D eigenvalue weighted by Gasteiger charge is 2.23. The molecule has 0 fully saturated rings. The van der Waals surface area contributed by atoms with Crippen LogP contribution in [-0.2, 0) is 9.84 Å². The van der Waals surface area contributed by atoms with Gasteiger partial charge in [0.25, 0.3) is 11.5 Å². The smallest absolute Gasteiger partial charge is 0.264 e. The topological polar surface area (TPSA) is 149 Å². The fraction of sp³-hybridized carbons (Fsp3) is 0.154. The number of anilines is 1. The van der Waals surface area contributed by atoms with Crippen LogP contribution in [0.15, 0.2) is 32.9 Å². The van der Waals surface area contributed by atoms with Crippen molar-refractivity contribution in [3.05, 3.63) is 34.2 Å². The third kappa shape index (κ3) is 3.22. The number of amides is 1. The maximum absolute atomic E-state index is 12.2. The number of nitrogen functional groups attached to an aromatic ring is 1. The average molecular weight is 354 g/mol. The van der Waals surface area contributed by atoms with Crippen molar-refractivity contribution in [2.45, 2.75) is 9.79 Å². The molecule has 0 bridgehead atoms. The predicted octanol–water partition coefficient (Wildman–Crippen LogP) is 0.243. The van der Waals surface area contributed by atoms with Gasteiger partial charge in [0, 0.05) is 28.6 Å². The fourth-order valence-electron chi connectivity index (χ4n) is 2.05. The number of hydrogen-bond donors (Lipinski definition) is 3. The summed E-state index contributed by atoms with van der Waals surface area (Å²) in [4.78, 5) is 29.6. The molecule has 1 amide bonds. The Morgan fingerprint density at radius 2 is 2.00 bits per heavy atom. The van der Waals surface area contributed by atoms with Crippen molar-refractivity contribution in [3.63, 3.8) is 0 Å². The maximum Gasteiger partial charge on any atom is 0.264 e. The molecule has 0 unspecified atom stereocenters. The van der Waals surface area contributed by atoms with Crippen LogP contribution in [0.1, 0.15) is 10.4 Å². The zero-order valence-corrected chi connectivity index (χ0v) is 13.9. The zero-order chi connectivity index (χ0) is 17.4. The van der Waals surface area contributed by atoms with Gasteiger partial charge in [0.05, 0.1) is 4.90 Å². The monoisotopic (exact) mass is 354 g/mol. The summed E-state index contributed by atoms with van der Waals surface area (Å²) in [6.07, 6.45) is 3.75. The van der Waals surface area contributed by atoms with Crippen LogP contribution in [0.3, 0.4) is 0 Å². The van der Waals surface area contributed by atoms with Gasteiger partial charge in [-0.05, 0) is 18.4 Å². The molecule has 0 aliphatic carbocycles. The SMILES string of the molecule is CSc1c(N)ccc(-c2ncc(C(N)=O)c(=O)[nH]2)c1S(C)(=O)=O. The minimum Gasteiger partial charge on any atom is -0.398 e. The van der Waals surface area contributed by atoms with E-state index >= 15 is 0 Å². The Morgan fingerprint density at radius 1 is 1.35 bits per heavy atom. The number of hydrogen-bond acceptors (Lipinski definition) is 7. The lowest BCUT2D eigenvalue weighted by Crippen LogP contribution is -2.24. The number of nitrogens with two attached hydrogens (primary N) is 2. The molecule has 1 aromatic carbocycles. The first kappa shape index (κ1) is 17.0. The Bertz CT molecular complexity index is 951. The Hall–Kier alpha value is -2.33. The van der Waals surface area contributed by atoms with E-state index in [9.17, 15) is 18.0 Å². The Morgan fingerprint density at radius 3 is 2.48 bits per heavy atom. The third-order valence-electron chi connectivity index (χ3n) is 3.04. The standard InChI is InChI=1S/C13H14N4O4S2/c1-22-9-8(14)4-3-6(10(9)23(2,20)21)12-16-5-7(11(15)18)13(19)17-12/h3-5H,14H2,1-2H3,(H2,15,18)(H,16,17,19). The van der Waals surface area contributed by atoms with Crippen LogP contribution >= 0.6 is 11.8 Å². The largest absolute Gasteiger partial charge is 0.398 e. The summed E-state index contributed by atoms with van der Waals surface area (Å²) in [5.74, 6) is -0.911. The van der Waals surface area contributed by atoms with Crippen molar-refractivity contribution in [2.24, 2.45) is 5.73 Å². The van der Waals surface area contributed by atoms with E-state index in [-0.39, 0.29) is 21.8 Å². The van der Waals surface area contributed by atoms with Crippen LogP contribution in [0.25, 0.3) is 11.4 Å². The summed E-state index contributed by atoms with van der Waals surface area (Å²) in [5.41, 5.74) is 10.3. The van der Waals surface area contributed by atoms with Gasteiger partial charge in [-0.2, -0.15) is 0 Å². The van der Waals surface area contributed by atoms with E-state index in [0.29, 0.717) is 10.6 Å². The molecule has 8 nitrogen and oxygen atoms in total. The lowest BCUT2D eigenvalue weighted by atomic mass is 10.2. The van der Waals surface area contributed by atoms with Gasteiger partial charge in [-0.25, -0.2) is 13.4 Å². The number of benzene rings is 1. The number of thioether (sulfide) groups is 1. The summed E-state index contributed by atoms with van der Waals surface area (Å²) < 4.78 is 24.3. The quantitative estimate of drug-likeness (QED) is 0.526. The summed E-state index contributed by atoms with van der Waals surface area (Å²) >= 11 is 1.17. The molecule has 23 heavy (non-hydrogen) atoms. The molecule has 0 spiro atoms. The second-order valence-electron chi connectivity index (χ2n) is 4.68. The van der Waals surface area contributed by atoms with E-state index in [4.69, 9.17) is 11.5 Å². The average Bonchev–Trinajstić information content (AvgIpc) is 2.45. The molecule has 0 saturated heterocycles. The first-order valence-electron chi connectivity index (χ1n) is 6.22. The molecule has 2 aromatic rings. The van der Waals surface area contributed by atoms with Gasteiger partial charge in [0.15, 0.2) is 9.84 Å². The van der Waals surface area contributed by atoms with Crippen LogP contribution in [0.4, 0.5) is 5.69 Å². The van der Waals surface area contributed by atoms with Gasteiger partial charge in [-0.1, -0.05) is 0 Å². The zero-order valence-electron chi connectivity index (χ0n) is 12.3. The van der Waals surface area contributed by atoms with Crippen molar-refractivity contribution in [1.29, 1.82) is 0 Å². The van der Waals surface area contributed by atoms with Crippen LogP contribution in [-0.4, -0.2) is 36.8 Å². The molecule has 0 radical (unpaired) electrons. The molecular formula is C13H14N4O4S2. The van der Waals surface area contributed by atoms with E-state index in [0.717, 1.165) is 12.5 Å². The summed E-state index contributed by atoms with van der Waals surface area (Å²) in [5, 5.41) is 0. The number of nitrogens with zero attached hydrogens (tertiary/aromatic N) is 1. The minimum absolute atomic E-state index is 0.00993. The normalized spacial score (nSPS) is 11.4. The first-order valence-corrected chi connectivity index (χ1v) is 9.34. The molecule has 0 saturated carbocycles. The van der Waals surface area contributed by atoms with Gasteiger partial charge in [-0.3, -0.25) is 9.59 Å². The second-order valence-corrected chi connectivity index (χ2v) is 7.44. The van der Waals surface area contributed by atoms with Gasteiger partial charge in [0.2, 0.25) is 0 Å². The summed E-state index contributed by atoms with van der Waals surface area (Å²) in [6, 6.07) is 2.98. The predicted molar refractivity (Wildman–Crippen MR) is 88.1 cm³/mol. The number of aromatic nitrogens is 2. The molecule has 122 valence electrons. The highest BCUT2D eigenvalue weighted by atomic mass is 32.2.